The number of rotatable bonds is 11. The average molecular weight is 696 g/mol. The summed E-state index contributed by atoms with van der Waals surface area (Å²) < 4.78 is 14.2. The van der Waals surface area contributed by atoms with Crippen LogP contribution in [0.25, 0.3) is 11.0 Å². The highest BCUT2D eigenvalue weighted by atomic mass is 16.5. The number of carbonyl (C=O) groups excluding carboxylic acids is 2. The summed E-state index contributed by atoms with van der Waals surface area (Å²) in [6.45, 7) is 1.00. The van der Waals surface area contributed by atoms with Crippen molar-refractivity contribution in [3.8, 4) is 11.5 Å². The number of methoxy groups -OCH3 is 2. The molecule has 3 heterocycles. The van der Waals surface area contributed by atoms with Gasteiger partial charge >= 0.3 is 23.4 Å². The highest BCUT2D eigenvalue weighted by Crippen LogP contribution is 2.30. The second-order valence-electron chi connectivity index (χ2n) is 12.0. The summed E-state index contributed by atoms with van der Waals surface area (Å²) >= 11 is 0. The number of amides is 3. The molecule has 1 fully saturated rings. The van der Waals surface area contributed by atoms with Gasteiger partial charge in [-0.3, -0.25) is 13.9 Å². The number of fused-ring (bicyclic) bond motifs is 1. The van der Waals surface area contributed by atoms with E-state index in [0.29, 0.717) is 19.4 Å². The first-order chi connectivity index (χ1) is 24.7. The van der Waals surface area contributed by atoms with Crippen molar-refractivity contribution in [3.05, 3.63) is 117 Å². The molecular formula is C36H37N7O8. The fourth-order valence-electron chi connectivity index (χ4n) is 6.42. The highest BCUT2D eigenvalue weighted by Gasteiger charge is 2.30. The van der Waals surface area contributed by atoms with Gasteiger partial charge in [0, 0.05) is 37.3 Å². The molecule has 51 heavy (non-hydrogen) atoms. The summed E-state index contributed by atoms with van der Waals surface area (Å²) in [7, 11) is 2.77. The molecule has 0 saturated carbocycles. The number of aliphatic carboxylic acids is 1. The van der Waals surface area contributed by atoms with Crippen molar-refractivity contribution < 1.29 is 29.0 Å². The highest BCUT2D eigenvalue weighted by molar-refractivity contribution is 6.08. The third-order valence-corrected chi connectivity index (χ3v) is 8.96. The van der Waals surface area contributed by atoms with Gasteiger partial charge in [-0.15, -0.1) is 0 Å². The average Bonchev–Trinajstić information content (AvgIpc) is 3.42. The number of H-pyrrole nitrogens is 1. The number of likely N-dealkylation sites (tertiary alicyclic amines) is 1. The van der Waals surface area contributed by atoms with E-state index in [9.17, 15) is 29.1 Å². The van der Waals surface area contributed by atoms with Crippen LogP contribution in [-0.4, -0.2) is 80.4 Å². The molecule has 0 spiro atoms. The van der Waals surface area contributed by atoms with Crippen molar-refractivity contribution in [2.24, 2.45) is 0 Å². The minimum Gasteiger partial charge on any atom is -0.496 e. The van der Waals surface area contributed by atoms with Gasteiger partial charge < -0.3 is 35.1 Å². The molecule has 3 amide bonds. The number of aromatic nitrogens is 4. The predicted molar refractivity (Wildman–Crippen MR) is 188 cm³/mol. The van der Waals surface area contributed by atoms with Gasteiger partial charge in [-0.25, -0.2) is 19.2 Å². The van der Waals surface area contributed by atoms with Gasteiger partial charge in [0.15, 0.2) is 0 Å². The number of benzene rings is 3. The van der Waals surface area contributed by atoms with Crippen molar-refractivity contribution in [1.29, 1.82) is 0 Å². The number of ether oxygens (including phenoxy) is 2. The van der Waals surface area contributed by atoms with Crippen LogP contribution in [0.15, 0.2) is 88.6 Å². The monoisotopic (exact) mass is 695 g/mol. The molecule has 1 aliphatic heterocycles. The van der Waals surface area contributed by atoms with Crippen LogP contribution in [0.1, 0.15) is 40.4 Å². The van der Waals surface area contributed by atoms with Gasteiger partial charge in [-0.1, -0.05) is 48.5 Å². The Morgan fingerprint density at radius 1 is 0.922 bits per heavy atom. The number of carboxylic acids is 1. The number of urea groups is 1. The van der Waals surface area contributed by atoms with Crippen LogP contribution in [0.3, 0.4) is 0 Å². The summed E-state index contributed by atoms with van der Waals surface area (Å²) in [6.07, 6.45) is 1.90. The number of nitrogens with one attached hydrogen (secondary N) is 3. The largest absolute Gasteiger partial charge is 0.496 e. The molecule has 1 unspecified atom stereocenters. The zero-order valence-electron chi connectivity index (χ0n) is 28.0. The topological polar surface area (TPSA) is 190 Å². The Labute approximate surface area is 291 Å². The number of para-hydroxylation sites is 2. The standard InChI is InChI=1S/C36H37N7O8/c1-50-28-13-8-14-29(51-2)30(28)32(44)39-31-23(20-37-34(47)40-31)19-25(33(45)46)38-35(48)41-17-15-24(16-18-41)43-27-12-7-6-11-26(27)42(36(43)49)21-22-9-4-3-5-10-22/h3-14,20,24-25H,15-19,21H2,1-2H3,(H,38,48)(H,45,46)(H2,37,39,40,44,47). The molecule has 1 atom stereocenters. The summed E-state index contributed by atoms with van der Waals surface area (Å²) in [4.78, 5) is 72.7. The number of imidazole rings is 1. The Bertz CT molecular complexity index is 2160. The number of hydrogen-bond donors (Lipinski definition) is 4. The van der Waals surface area contributed by atoms with E-state index in [-0.39, 0.29) is 59.7 Å². The van der Waals surface area contributed by atoms with E-state index < -0.39 is 29.6 Å². The molecule has 0 aliphatic carbocycles. The van der Waals surface area contributed by atoms with E-state index >= 15 is 0 Å². The first-order valence-electron chi connectivity index (χ1n) is 16.3. The zero-order chi connectivity index (χ0) is 36.1. The molecule has 264 valence electrons. The Hall–Kier alpha value is -6.38. The lowest BCUT2D eigenvalue weighted by atomic mass is 10.0. The van der Waals surface area contributed by atoms with E-state index in [1.54, 1.807) is 27.3 Å². The fourth-order valence-corrected chi connectivity index (χ4v) is 6.42. The van der Waals surface area contributed by atoms with Crippen LogP contribution in [0.4, 0.5) is 10.6 Å². The molecule has 5 aromatic rings. The Morgan fingerprint density at radius 3 is 2.22 bits per heavy atom. The van der Waals surface area contributed by atoms with Crippen LogP contribution >= 0.6 is 0 Å². The number of aromatic amines is 1. The molecule has 15 nitrogen and oxygen atoms in total. The lowest BCUT2D eigenvalue weighted by Crippen LogP contribution is -2.51. The van der Waals surface area contributed by atoms with Crippen LogP contribution < -0.4 is 31.5 Å². The number of piperidine rings is 1. The van der Waals surface area contributed by atoms with Crippen molar-refractivity contribution in [3.63, 3.8) is 0 Å². The maximum Gasteiger partial charge on any atom is 0.346 e. The van der Waals surface area contributed by atoms with Crippen LogP contribution in [0.5, 0.6) is 11.5 Å². The van der Waals surface area contributed by atoms with Crippen LogP contribution in [-0.2, 0) is 17.8 Å². The second-order valence-corrected chi connectivity index (χ2v) is 12.0. The molecule has 0 bridgehead atoms. The minimum atomic E-state index is -1.43. The Morgan fingerprint density at radius 2 is 1.57 bits per heavy atom. The normalized spacial score (nSPS) is 13.8. The lowest BCUT2D eigenvalue weighted by molar-refractivity contribution is -0.139. The minimum absolute atomic E-state index is 0.0463. The molecule has 0 radical (unpaired) electrons. The van der Waals surface area contributed by atoms with Crippen molar-refractivity contribution >= 4 is 34.8 Å². The maximum absolute atomic E-state index is 13.8. The molecule has 4 N–H and O–H groups in total. The van der Waals surface area contributed by atoms with Gasteiger partial charge in [0.25, 0.3) is 5.91 Å². The molecule has 1 saturated heterocycles. The van der Waals surface area contributed by atoms with Gasteiger partial charge in [0.1, 0.15) is 28.9 Å². The smallest absolute Gasteiger partial charge is 0.346 e. The Kier molecular flexibility index (Phi) is 10.2. The van der Waals surface area contributed by atoms with Crippen LogP contribution in [0, 0.1) is 0 Å². The summed E-state index contributed by atoms with van der Waals surface area (Å²) in [5.41, 5.74) is 1.95. The molecule has 1 aliphatic rings. The molecule has 2 aromatic heterocycles. The number of hydrogen-bond acceptors (Lipinski definition) is 8. The SMILES string of the molecule is COc1cccc(OC)c1C(=O)Nc1nc(=O)[nH]cc1CC(NC(=O)N1CCC(n2c(=O)n(Cc3ccccc3)c3ccccc32)CC1)C(=O)O. The summed E-state index contributed by atoms with van der Waals surface area (Å²) in [5, 5.41) is 15.2. The van der Waals surface area contributed by atoms with E-state index in [1.165, 1.54) is 25.3 Å². The van der Waals surface area contributed by atoms with E-state index in [4.69, 9.17) is 9.47 Å². The van der Waals surface area contributed by atoms with Crippen molar-refractivity contribution in [1.82, 2.24) is 29.3 Å². The zero-order valence-corrected chi connectivity index (χ0v) is 28.0. The van der Waals surface area contributed by atoms with Crippen molar-refractivity contribution in [2.75, 3.05) is 32.6 Å². The molecule has 6 rings (SSSR count). The quantitative estimate of drug-likeness (QED) is 0.161. The first kappa shape index (κ1) is 34.5. The first-order valence-corrected chi connectivity index (χ1v) is 16.3. The van der Waals surface area contributed by atoms with Gasteiger partial charge in [0.05, 0.1) is 31.8 Å². The number of carbonyl (C=O) groups is 3. The summed E-state index contributed by atoms with van der Waals surface area (Å²) in [6, 6.07) is 20.0. The number of anilines is 1. The molecule has 3 aromatic carbocycles. The lowest BCUT2D eigenvalue weighted by Gasteiger charge is -2.33. The van der Waals surface area contributed by atoms with E-state index in [2.05, 4.69) is 20.6 Å². The summed E-state index contributed by atoms with van der Waals surface area (Å²) in [5.74, 6) is -1.80. The number of nitrogens with zero attached hydrogens (tertiary/aromatic N) is 4. The fraction of sp³-hybridized carbons (Fsp3) is 0.278. The molecular weight excluding hydrogens is 658 g/mol. The van der Waals surface area contributed by atoms with Gasteiger partial charge in [0.2, 0.25) is 0 Å². The van der Waals surface area contributed by atoms with Gasteiger partial charge in [-0.05, 0) is 42.7 Å². The molecule has 15 heteroatoms. The van der Waals surface area contributed by atoms with Crippen LogP contribution in [0.2, 0.25) is 0 Å². The van der Waals surface area contributed by atoms with E-state index in [1.807, 2.05) is 54.6 Å². The third-order valence-electron chi connectivity index (χ3n) is 8.96. The number of carboxylic acid groups (broad SMARTS) is 1. The van der Waals surface area contributed by atoms with Crippen molar-refractivity contribution in [2.45, 2.75) is 37.9 Å². The Balaban J connectivity index is 1.15. The second kappa shape index (κ2) is 15.0. The van der Waals surface area contributed by atoms with Gasteiger partial charge in [-0.2, -0.15) is 4.98 Å². The maximum atomic E-state index is 13.8. The third kappa shape index (κ3) is 7.32. The predicted octanol–water partition coefficient (Wildman–Crippen LogP) is 3.25. The van der Waals surface area contributed by atoms with E-state index in [0.717, 1.165) is 16.6 Å².